The predicted molar refractivity (Wildman–Crippen MR) is 93.5 cm³/mol. The molecule has 1 aromatic heterocycles. The lowest BCUT2D eigenvalue weighted by atomic mass is 10.1. The van der Waals surface area contributed by atoms with Crippen LogP contribution in [0, 0.1) is 0 Å². The lowest BCUT2D eigenvalue weighted by molar-refractivity contribution is 0.0600. The van der Waals surface area contributed by atoms with E-state index >= 15 is 0 Å². The Bertz CT molecular complexity index is 769. The van der Waals surface area contributed by atoms with Crippen molar-refractivity contribution < 1.29 is 14.6 Å². The number of pyridine rings is 1. The molecule has 2 aromatic rings. The van der Waals surface area contributed by atoms with Crippen molar-refractivity contribution in [2.45, 2.75) is 19.6 Å². The van der Waals surface area contributed by atoms with Crippen molar-refractivity contribution in [3.8, 4) is 0 Å². The molecule has 122 valence electrons. The van der Waals surface area contributed by atoms with Crippen LogP contribution in [0.3, 0.4) is 0 Å². The Morgan fingerprint density at radius 2 is 1.87 bits per heavy atom. The largest absolute Gasteiger partial charge is 0.465 e. The van der Waals surface area contributed by atoms with Crippen LogP contribution in [0.1, 0.15) is 21.6 Å². The summed E-state index contributed by atoms with van der Waals surface area (Å²) in [5.74, 6) is -0.383. The Kier molecular flexibility index (Phi) is 6.15. The van der Waals surface area contributed by atoms with Crippen molar-refractivity contribution in [1.29, 1.82) is 0 Å². The van der Waals surface area contributed by atoms with E-state index in [4.69, 9.17) is 0 Å². The van der Waals surface area contributed by atoms with Crippen LogP contribution in [0.4, 0.5) is 0 Å². The van der Waals surface area contributed by atoms with Crippen LogP contribution in [0.15, 0.2) is 44.1 Å². The molecule has 0 aliphatic rings. The molecule has 0 atom stereocenters. The number of carbonyl (C=O) groups is 1. The third-order valence-electron chi connectivity index (χ3n) is 3.45. The fourth-order valence-corrected chi connectivity index (χ4v) is 3.52. The highest BCUT2D eigenvalue weighted by molar-refractivity contribution is 9.11. The number of aliphatic hydroxyl groups is 1. The zero-order valence-electron chi connectivity index (χ0n) is 12.4. The van der Waals surface area contributed by atoms with Gasteiger partial charge in [0, 0.05) is 11.0 Å². The molecule has 1 aromatic carbocycles. The smallest absolute Gasteiger partial charge is 0.337 e. The molecule has 0 unspecified atom stereocenters. The van der Waals surface area contributed by atoms with Crippen molar-refractivity contribution in [1.82, 2.24) is 4.57 Å². The fourth-order valence-electron chi connectivity index (χ4n) is 2.20. The molecule has 0 aliphatic heterocycles. The minimum atomic E-state index is -0.383. The van der Waals surface area contributed by atoms with Gasteiger partial charge in [0.1, 0.15) is 0 Å². The molecule has 0 spiro atoms. The summed E-state index contributed by atoms with van der Waals surface area (Å²) in [5.41, 5.74) is 1.80. The number of benzene rings is 1. The van der Waals surface area contributed by atoms with Gasteiger partial charge in [0.15, 0.2) is 0 Å². The molecule has 5 nitrogen and oxygen atoms in total. The van der Waals surface area contributed by atoms with Crippen molar-refractivity contribution in [3.05, 3.63) is 66.5 Å². The summed E-state index contributed by atoms with van der Waals surface area (Å²) in [6, 6.07) is 8.66. The van der Waals surface area contributed by atoms with E-state index in [9.17, 15) is 14.7 Å². The van der Waals surface area contributed by atoms with Crippen molar-refractivity contribution in [2.75, 3.05) is 7.11 Å². The molecule has 0 saturated heterocycles. The predicted octanol–water partition coefficient (Wildman–Crippen LogP) is 2.89. The van der Waals surface area contributed by atoms with Crippen LogP contribution in [0.2, 0.25) is 0 Å². The maximum atomic E-state index is 12.2. The fraction of sp³-hybridized carbons (Fsp3) is 0.250. The Labute approximate surface area is 150 Å². The molecule has 0 aliphatic carbocycles. The Hall–Kier alpha value is -1.44. The van der Waals surface area contributed by atoms with Crippen LogP contribution in [0.25, 0.3) is 0 Å². The van der Waals surface area contributed by atoms with E-state index in [2.05, 4.69) is 36.6 Å². The van der Waals surface area contributed by atoms with Gasteiger partial charge in [0.05, 0.1) is 29.4 Å². The number of nitrogens with zero attached hydrogens (tertiary/aromatic N) is 1. The van der Waals surface area contributed by atoms with E-state index < -0.39 is 0 Å². The summed E-state index contributed by atoms with van der Waals surface area (Å²) in [6.45, 7) is 0.189. The van der Waals surface area contributed by atoms with E-state index in [1.54, 1.807) is 18.2 Å². The monoisotopic (exact) mass is 443 g/mol. The number of halogens is 2. The molecule has 0 amide bonds. The van der Waals surface area contributed by atoms with E-state index in [1.807, 2.05) is 12.1 Å². The van der Waals surface area contributed by atoms with E-state index in [1.165, 1.54) is 11.7 Å². The van der Waals surface area contributed by atoms with Gasteiger partial charge in [-0.05, 0) is 62.0 Å². The average molecular weight is 445 g/mol. The summed E-state index contributed by atoms with van der Waals surface area (Å²) in [7, 11) is 1.34. The van der Waals surface area contributed by atoms with Gasteiger partial charge in [-0.25, -0.2) is 4.79 Å². The number of carbonyl (C=O) groups excluding carboxylic acids is 1. The Morgan fingerprint density at radius 1 is 1.22 bits per heavy atom. The van der Waals surface area contributed by atoms with Gasteiger partial charge < -0.3 is 14.4 Å². The number of aromatic nitrogens is 1. The third-order valence-corrected chi connectivity index (χ3v) is 4.71. The zero-order chi connectivity index (χ0) is 17.0. The van der Waals surface area contributed by atoms with Gasteiger partial charge >= 0.3 is 5.97 Å². The van der Waals surface area contributed by atoms with Crippen molar-refractivity contribution >= 4 is 37.8 Å². The molecule has 0 radical (unpaired) electrons. The summed E-state index contributed by atoms with van der Waals surface area (Å²) in [4.78, 5) is 23.6. The number of aryl methyl sites for hydroxylation is 1. The number of rotatable bonds is 5. The van der Waals surface area contributed by atoms with E-state index in [-0.39, 0.29) is 18.1 Å². The zero-order valence-corrected chi connectivity index (χ0v) is 15.6. The quantitative estimate of drug-likeness (QED) is 0.720. The number of esters is 1. The van der Waals surface area contributed by atoms with Gasteiger partial charge in [-0.15, -0.1) is 0 Å². The molecular weight excluding hydrogens is 430 g/mol. The summed E-state index contributed by atoms with van der Waals surface area (Å²) in [6.07, 6.45) is 0.594. The first-order chi connectivity index (χ1) is 11.0. The molecule has 0 bridgehead atoms. The second-order valence-electron chi connectivity index (χ2n) is 4.84. The summed E-state index contributed by atoms with van der Waals surface area (Å²) < 4.78 is 7.29. The minimum Gasteiger partial charge on any atom is -0.465 e. The van der Waals surface area contributed by atoms with Crippen LogP contribution in [-0.2, 0) is 24.3 Å². The molecule has 0 saturated carbocycles. The van der Waals surface area contributed by atoms with Gasteiger partial charge in [-0.1, -0.05) is 12.1 Å². The van der Waals surface area contributed by atoms with Gasteiger partial charge in [0.25, 0.3) is 5.56 Å². The van der Waals surface area contributed by atoms with Gasteiger partial charge in [-0.2, -0.15) is 0 Å². The summed E-state index contributed by atoms with van der Waals surface area (Å²) >= 11 is 6.57. The topological polar surface area (TPSA) is 68.5 Å². The molecule has 7 heteroatoms. The first-order valence-electron chi connectivity index (χ1n) is 6.83. The van der Waals surface area contributed by atoms with Crippen molar-refractivity contribution in [3.63, 3.8) is 0 Å². The molecule has 1 heterocycles. The number of aliphatic hydroxyl groups excluding tert-OH is 1. The maximum Gasteiger partial charge on any atom is 0.337 e. The number of hydrogen-bond donors (Lipinski definition) is 1. The molecule has 23 heavy (non-hydrogen) atoms. The van der Waals surface area contributed by atoms with Crippen molar-refractivity contribution in [2.24, 2.45) is 0 Å². The van der Waals surface area contributed by atoms with Crippen LogP contribution in [0.5, 0.6) is 0 Å². The lowest BCUT2D eigenvalue weighted by Crippen LogP contribution is -2.25. The Morgan fingerprint density at radius 3 is 2.43 bits per heavy atom. The Balaban J connectivity index is 2.21. The highest BCUT2D eigenvalue weighted by atomic mass is 79.9. The second-order valence-corrected chi connectivity index (χ2v) is 6.55. The van der Waals surface area contributed by atoms with E-state index in [0.717, 1.165) is 5.56 Å². The molecule has 0 fully saturated rings. The molecule has 2 rings (SSSR count). The number of ether oxygens (including phenoxy) is 1. The SMILES string of the molecule is COC(=O)c1ccc(CCn2c(CO)c(Br)cc(Br)c2=O)cc1. The van der Waals surface area contributed by atoms with Crippen LogP contribution >= 0.6 is 31.9 Å². The highest BCUT2D eigenvalue weighted by Crippen LogP contribution is 2.19. The van der Waals surface area contributed by atoms with E-state index in [0.29, 0.717) is 33.2 Å². The first-order valence-corrected chi connectivity index (χ1v) is 8.42. The second kappa shape index (κ2) is 7.90. The first kappa shape index (κ1) is 17.9. The number of methoxy groups -OCH3 is 1. The maximum absolute atomic E-state index is 12.2. The standard InChI is InChI=1S/C16H15Br2NO4/c1-23-16(22)11-4-2-10(3-5-11)6-7-19-14(9-20)12(17)8-13(18)15(19)21/h2-5,8,20H,6-7,9H2,1H3. The van der Waals surface area contributed by atoms with Gasteiger partial charge in [-0.3, -0.25) is 4.79 Å². The molecular formula is C16H15Br2NO4. The van der Waals surface area contributed by atoms with Crippen LogP contribution < -0.4 is 5.56 Å². The van der Waals surface area contributed by atoms with Crippen LogP contribution in [-0.4, -0.2) is 22.8 Å². The minimum absolute atomic E-state index is 0.191. The third kappa shape index (κ3) is 4.10. The normalized spacial score (nSPS) is 10.6. The summed E-state index contributed by atoms with van der Waals surface area (Å²) in [5, 5.41) is 9.48. The highest BCUT2D eigenvalue weighted by Gasteiger charge is 2.12. The lowest BCUT2D eigenvalue weighted by Gasteiger charge is -2.14. The average Bonchev–Trinajstić information content (AvgIpc) is 2.56. The van der Waals surface area contributed by atoms with Gasteiger partial charge in [0.2, 0.25) is 0 Å². The number of hydrogen-bond acceptors (Lipinski definition) is 4. The molecule has 1 N–H and O–H groups in total.